The Morgan fingerprint density at radius 3 is 1.58 bits per heavy atom. The number of hydrogen-bond acceptors (Lipinski definition) is 25. The van der Waals surface area contributed by atoms with Crippen molar-refractivity contribution in [2.45, 2.75) is 161 Å². The fraction of sp³-hybridized carbons (Fsp3) is 0.865. The molecule has 4 heterocycles. The van der Waals surface area contributed by atoms with Gasteiger partial charge in [-0.2, -0.15) is 0 Å². The van der Waals surface area contributed by atoms with Gasteiger partial charge in [-0.25, -0.2) is 9.59 Å². The minimum Gasteiger partial charge on any atom is -0.477 e. The Balaban J connectivity index is 1.67. The molecule has 4 aliphatic heterocycles. The predicted molar refractivity (Wildman–Crippen MR) is 208 cm³/mol. The number of nitrogens with one attached hydrogen (secondary N) is 3. The number of carbonyl (C=O) groups excluding carboxylic acids is 3. The molecule has 3 amide bonds. The molecule has 4 aliphatic rings. The van der Waals surface area contributed by atoms with Crippen LogP contribution in [0.3, 0.4) is 0 Å². The molecule has 67 heavy (non-hydrogen) atoms. The van der Waals surface area contributed by atoms with E-state index in [0.29, 0.717) is 0 Å². The van der Waals surface area contributed by atoms with Crippen LogP contribution < -0.4 is 16.0 Å². The third-order valence-corrected chi connectivity index (χ3v) is 11.7. The minimum absolute atomic E-state index is 0.789. The smallest absolute Gasteiger partial charge is 0.364 e. The molecule has 18 N–H and O–H groups in total. The van der Waals surface area contributed by atoms with E-state index >= 15 is 0 Å². The normalized spacial score (nSPS) is 40.6. The summed E-state index contributed by atoms with van der Waals surface area (Å²) in [6, 6.07) is -5.01. The number of rotatable bonds is 20. The molecule has 30 nitrogen and oxygen atoms in total. The lowest BCUT2D eigenvalue weighted by Crippen LogP contribution is -2.71. The number of amides is 3. The van der Waals surface area contributed by atoms with E-state index in [1.54, 1.807) is 0 Å². The second-order valence-electron chi connectivity index (χ2n) is 16.6. The first-order valence-corrected chi connectivity index (χ1v) is 20.8. The number of aliphatic carboxylic acids is 2. The Kier molecular flexibility index (Phi) is 19.6. The second-order valence-corrected chi connectivity index (χ2v) is 16.6. The molecule has 0 bridgehead atoms. The summed E-state index contributed by atoms with van der Waals surface area (Å²) < 4.78 is 39.3. The van der Waals surface area contributed by atoms with Crippen LogP contribution in [0, 0.1) is 5.92 Å². The summed E-state index contributed by atoms with van der Waals surface area (Å²) in [5.74, 6) is -14.1. The molecular weight excluding hydrogens is 918 g/mol. The van der Waals surface area contributed by atoms with Gasteiger partial charge in [0.15, 0.2) is 12.6 Å². The first-order valence-electron chi connectivity index (χ1n) is 20.8. The van der Waals surface area contributed by atoms with Crippen molar-refractivity contribution < 1.29 is 134 Å². The SMILES string of the molecule is CC(=O)NC1C(O)CC(OCC2OC(O)C(NC(C)=O)C(OC3OC(CO)C(O)C(OC4(C(=O)O)CC(O)C(NC(C)=O)C(C(O)C(CO)CO)O4)C3O)C2O)(C(=O)O)OC1C(O)C(O)CO. The zero-order valence-electron chi connectivity index (χ0n) is 36.1. The van der Waals surface area contributed by atoms with E-state index in [4.69, 9.17) is 33.2 Å². The average molecular weight is 980 g/mol. The number of ether oxygens (including phenoxy) is 7. The van der Waals surface area contributed by atoms with E-state index in [9.17, 15) is 101 Å². The van der Waals surface area contributed by atoms with Gasteiger partial charge in [-0.15, -0.1) is 0 Å². The van der Waals surface area contributed by atoms with E-state index < -0.39 is 209 Å². The van der Waals surface area contributed by atoms with E-state index in [2.05, 4.69) is 16.0 Å². The fourth-order valence-electron chi connectivity index (χ4n) is 8.26. The van der Waals surface area contributed by atoms with Crippen LogP contribution in [-0.2, 0) is 57.1 Å². The summed E-state index contributed by atoms with van der Waals surface area (Å²) in [6.07, 6.45) is -35.5. The van der Waals surface area contributed by atoms with E-state index in [1.165, 1.54) is 0 Å². The fourth-order valence-corrected chi connectivity index (χ4v) is 8.26. The molecule has 0 aromatic carbocycles. The Bertz CT molecular complexity index is 1700. The maximum Gasteiger partial charge on any atom is 0.364 e. The summed E-state index contributed by atoms with van der Waals surface area (Å²) in [4.78, 5) is 62.0. The molecular formula is C37H61N3O27. The predicted octanol–water partition coefficient (Wildman–Crippen LogP) is -10.7. The monoisotopic (exact) mass is 979 g/mol. The summed E-state index contributed by atoms with van der Waals surface area (Å²) in [5.41, 5.74) is 0. The zero-order valence-corrected chi connectivity index (χ0v) is 36.1. The molecule has 4 fully saturated rings. The average Bonchev–Trinajstić information content (AvgIpc) is 3.25. The molecule has 0 aromatic rings. The minimum atomic E-state index is -3.16. The van der Waals surface area contributed by atoms with Crippen molar-refractivity contribution in [3.8, 4) is 0 Å². The summed E-state index contributed by atoms with van der Waals surface area (Å²) in [6.45, 7) is -2.18. The summed E-state index contributed by atoms with van der Waals surface area (Å²) >= 11 is 0. The number of carbonyl (C=O) groups is 5. The highest BCUT2D eigenvalue weighted by Crippen LogP contribution is 2.40. The largest absolute Gasteiger partial charge is 0.477 e. The lowest BCUT2D eigenvalue weighted by Gasteiger charge is -2.51. The van der Waals surface area contributed by atoms with Crippen molar-refractivity contribution >= 4 is 29.7 Å². The number of carboxylic acid groups (broad SMARTS) is 2. The standard InChI is InChI=1S/C37H61N3O27/c1-11(45)38-20-16(49)5-37(35(59)60,66-29(20)23(51)14(6-41)7-42)67-31-25(53)18(9-44)63-33(27(31)55)64-28-22(40-13(3)47)32(56)62-19(26(28)54)10-61-36(34(57)58)4-15(48)21(39-12(2)46)30(65-36)24(52)17(50)8-43/h14-33,41-44,48-56H,4-10H2,1-3H3,(H,38,45)(H,39,46)(H,40,47)(H,57,58)(H,59,60). The van der Waals surface area contributed by atoms with Gasteiger partial charge in [0.25, 0.3) is 11.6 Å². The van der Waals surface area contributed by atoms with Crippen molar-refractivity contribution in [3.63, 3.8) is 0 Å². The molecule has 0 aliphatic carbocycles. The highest BCUT2D eigenvalue weighted by Gasteiger charge is 2.61. The van der Waals surface area contributed by atoms with Crippen molar-refractivity contribution in [1.29, 1.82) is 0 Å². The van der Waals surface area contributed by atoms with Crippen LogP contribution in [0.5, 0.6) is 0 Å². The van der Waals surface area contributed by atoms with Crippen LogP contribution in [0.2, 0.25) is 0 Å². The molecule has 0 saturated carbocycles. The topological polar surface area (TPSA) is 490 Å². The molecule has 4 saturated heterocycles. The summed E-state index contributed by atoms with van der Waals surface area (Å²) in [7, 11) is 0. The zero-order chi connectivity index (χ0) is 50.5. The van der Waals surface area contributed by atoms with Gasteiger partial charge in [0.1, 0.15) is 73.2 Å². The molecule has 0 aromatic heterocycles. The van der Waals surface area contributed by atoms with E-state index in [-0.39, 0.29) is 0 Å². The van der Waals surface area contributed by atoms with E-state index in [1.807, 2.05) is 0 Å². The van der Waals surface area contributed by atoms with Crippen molar-refractivity contribution in [2.24, 2.45) is 5.92 Å². The van der Waals surface area contributed by atoms with Crippen LogP contribution in [0.25, 0.3) is 0 Å². The number of aliphatic hydroxyl groups is 13. The van der Waals surface area contributed by atoms with Crippen LogP contribution in [0.4, 0.5) is 0 Å². The summed E-state index contributed by atoms with van der Waals surface area (Å²) in [5, 5.41) is 166. The van der Waals surface area contributed by atoms with Crippen LogP contribution in [0.15, 0.2) is 0 Å². The first kappa shape index (κ1) is 56.1. The third kappa shape index (κ3) is 12.5. The van der Waals surface area contributed by atoms with Crippen LogP contribution >= 0.6 is 0 Å². The Morgan fingerprint density at radius 2 is 1.10 bits per heavy atom. The maximum absolute atomic E-state index is 13.0. The first-order chi connectivity index (χ1) is 31.3. The van der Waals surface area contributed by atoms with Gasteiger partial charge in [0.05, 0.1) is 63.4 Å². The number of carboxylic acids is 2. The molecule has 21 atom stereocenters. The molecule has 21 unspecified atom stereocenters. The maximum atomic E-state index is 13.0. The molecule has 386 valence electrons. The Morgan fingerprint density at radius 1 is 0.627 bits per heavy atom. The lowest BCUT2D eigenvalue weighted by atomic mass is 9.85. The van der Waals surface area contributed by atoms with Crippen LogP contribution in [-0.4, -0.2) is 267 Å². The van der Waals surface area contributed by atoms with Crippen molar-refractivity contribution in [3.05, 3.63) is 0 Å². The second kappa shape index (κ2) is 23.4. The van der Waals surface area contributed by atoms with Crippen molar-refractivity contribution in [2.75, 3.05) is 33.0 Å². The van der Waals surface area contributed by atoms with Crippen molar-refractivity contribution in [1.82, 2.24) is 16.0 Å². The Hall–Kier alpha value is -3.45. The molecule has 30 heteroatoms. The highest BCUT2D eigenvalue weighted by molar-refractivity contribution is 5.77. The number of hydrogen-bond donors (Lipinski definition) is 18. The number of aliphatic hydroxyl groups excluding tert-OH is 13. The third-order valence-electron chi connectivity index (χ3n) is 11.7. The van der Waals surface area contributed by atoms with E-state index in [0.717, 1.165) is 20.8 Å². The van der Waals surface area contributed by atoms with Gasteiger partial charge in [0.2, 0.25) is 17.7 Å². The molecule has 0 radical (unpaired) electrons. The van der Waals surface area contributed by atoms with Gasteiger partial charge in [-0.1, -0.05) is 0 Å². The van der Waals surface area contributed by atoms with Gasteiger partial charge in [-0.3, -0.25) is 14.4 Å². The van der Waals surface area contributed by atoms with Crippen LogP contribution in [0.1, 0.15) is 33.6 Å². The van der Waals surface area contributed by atoms with Gasteiger partial charge in [0, 0.05) is 39.5 Å². The van der Waals surface area contributed by atoms with Gasteiger partial charge < -0.3 is 126 Å². The van der Waals surface area contributed by atoms with Gasteiger partial charge >= 0.3 is 11.9 Å². The Labute approximate surface area is 379 Å². The lowest BCUT2D eigenvalue weighted by molar-refractivity contribution is -0.381. The van der Waals surface area contributed by atoms with Gasteiger partial charge in [-0.05, 0) is 0 Å². The molecule has 4 rings (SSSR count). The molecule has 0 spiro atoms. The quantitative estimate of drug-likeness (QED) is 0.0538. The highest BCUT2D eigenvalue weighted by atomic mass is 16.8.